The number of anilines is 1. The Labute approximate surface area is 153 Å². The number of amides is 1. The highest BCUT2D eigenvalue weighted by Gasteiger charge is 2.10. The summed E-state index contributed by atoms with van der Waals surface area (Å²) in [6.45, 7) is 0. The summed E-state index contributed by atoms with van der Waals surface area (Å²) in [6, 6.07) is 12.3. The van der Waals surface area contributed by atoms with E-state index in [4.69, 9.17) is 21.6 Å². The number of H-pyrrole nitrogens is 1. The minimum atomic E-state index is -0.248. The van der Waals surface area contributed by atoms with Gasteiger partial charge in [0.2, 0.25) is 5.91 Å². The van der Waals surface area contributed by atoms with Gasteiger partial charge in [-0.25, -0.2) is 4.98 Å². The minimum absolute atomic E-state index is 0.147. The molecule has 3 aromatic rings. The molecule has 6 nitrogen and oxygen atoms in total. The van der Waals surface area contributed by atoms with Gasteiger partial charge in [0.25, 0.3) is 0 Å². The molecule has 1 aromatic heterocycles. The van der Waals surface area contributed by atoms with Crippen LogP contribution >= 0.6 is 23.4 Å². The third-order valence-electron chi connectivity index (χ3n) is 3.38. The van der Waals surface area contributed by atoms with E-state index >= 15 is 0 Å². The molecule has 0 radical (unpaired) electrons. The predicted molar refractivity (Wildman–Crippen MR) is 98.2 cm³/mol. The summed E-state index contributed by atoms with van der Waals surface area (Å²) < 4.78 is 5.17. The van der Waals surface area contributed by atoms with Gasteiger partial charge in [-0.15, -0.1) is 0 Å². The number of methoxy groups -OCH3 is 1. The predicted octanol–water partition coefficient (Wildman–Crippen LogP) is 3.83. The van der Waals surface area contributed by atoms with E-state index in [0.717, 1.165) is 16.8 Å². The third-order valence-corrected chi connectivity index (χ3v) is 4.49. The van der Waals surface area contributed by atoms with E-state index in [1.54, 1.807) is 25.3 Å². The van der Waals surface area contributed by atoms with Gasteiger partial charge in [-0.05, 0) is 30.3 Å². The number of hydrogen-bond acceptors (Lipinski definition) is 5. The lowest BCUT2D eigenvalue weighted by atomic mass is 10.2. The molecule has 2 aromatic carbocycles. The largest absolute Gasteiger partial charge is 0.497 e. The number of carbonyl (C=O) groups excluding carboxylic acids is 1. The van der Waals surface area contributed by atoms with Gasteiger partial charge in [0.05, 0.1) is 35.1 Å². The number of nitriles is 1. The van der Waals surface area contributed by atoms with E-state index in [2.05, 4.69) is 15.3 Å². The molecule has 0 atom stereocenters. The van der Waals surface area contributed by atoms with Crippen molar-refractivity contribution < 1.29 is 9.53 Å². The summed E-state index contributed by atoms with van der Waals surface area (Å²) in [5.41, 5.74) is 2.39. The van der Waals surface area contributed by atoms with Gasteiger partial charge in [-0.1, -0.05) is 23.4 Å². The summed E-state index contributed by atoms with van der Waals surface area (Å²) in [7, 11) is 1.60. The molecule has 0 bridgehead atoms. The van der Waals surface area contributed by atoms with E-state index < -0.39 is 0 Å². The van der Waals surface area contributed by atoms with Crippen molar-refractivity contribution in [1.29, 1.82) is 5.26 Å². The number of fused-ring (bicyclic) bond motifs is 1. The summed E-state index contributed by atoms with van der Waals surface area (Å²) in [6.07, 6.45) is 0. The van der Waals surface area contributed by atoms with E-state index in [0.29, 0.717) is 21.4 Å². The fourth-order valence-electron chi connectivity index (χ4n) is 2.20. The maximum atomic E-state index is 12.1. The SMILES string of the molecule is COc1ccc2nc(SCC(=O)Nc3cc(Cl)ccc3C#N)[nH]c2c1. The Balaban J connectivity index is 1.66. The Kier molecular flexibility index (Phi) is 5.12. The van der Waals surface area contributed by atoms with E-state index in [9.17, 15) is 4.79 Å². The van der Waals surface area contributed by atoms with Gasteiger partial charge < -0.3 is 15.0 Å². The van der Waals surface area contributed by atoms with Crippen LogP contribution in [-0.2, 0) is 4.79 Å². The maximum absolute atomic E-state index is 12.1. The summed E-state index contributed by atoms with van der Waals surface area (Å²) in [5.74, 6) is 0.631. The van der Waals surface area contributed by atoms with Crippen molar-refractivity contribution in [2.24, 2.45) is 0 Å². The van der Waals surface area contributed by atoms with Gasteiger partial charge in [-0.3, -0.25) is 4.79 Å². The maximum Gasteiger partial charge on any atom is 0.234 e. The standard InChI is InChI=1S/C17H13ClN4O2S/c1-24-12-4-5-13-15(7-12)22-17(21-13)25-9-16(23)20-14-6-11(18)3-2-10(14)8-19/h2-7H,9H2,1H3,(H,20,23)(H,21,22). The Morgan fingerprint density at radius 3 is 3.00 bits per heavy atom. The van der Waals surface area contributed by atoms with Crippen LogP contribution in [0.15, 0.2) is 41.6 Å². The normalized spacial score (nSPS) is 10.4. The molecule has 0 saturated heterocycles. The topological polar surface area (TPSA) is 90.8 Å². The van der Waals surface area contributed by atoms with Gasteiger partial charge in [0, 0.05) is 11.1 Å². The molecule has 0 aliphatic heterocycles. The first-order valence-corrected chi connectivity index (χ1v) is 8.61. The Morgan fingerprint density at radius 1 is 1.40 bits per heavy atom. The van der Waals surface area contributed by atoms with E-state index in [-0.39, 0.29) is 11.7 Å². The summed E-state index contributed by atoms with van der Waals surface area (Å²) in [5, 5.41) is 12.9. The highest BCUT2D eigenvalue weighted by atomic mass is 35.5. The van der Waals surface area contributed by atoms with Crippen molar-refractivity contribution in [3.05, 3.63) is 47.0 Å². The molecule has 3 rings (SSSR count). The van der Waals surface area contributed by atoms with Crippen molar-refractivity contribution in [1.82, 2.24) is 9.97 Å². The molecular formula is C17H13ClN4O2S. The second-order valence-corrected chi connectivity index (χ2v) is 6.46. The average molecular weight is 373 g/mol. The lowest BCUT2D eigenvalue weighted by molar-refractivity contribution is -0.113. The quantitative estimate of drug-likeness (QED) is 0.664. The number of benzene rings is 2. The fraction of sp³-hybridized carbons (Fsp3) is 0.118. The van der Waals surface area contributed by atoms with Crippen LogP contribution in [0.25, 0.3) is 11.0 Å². The van der Waals surface area contributed by atoms with E-state index in [1.807, 2.05) is 24.3 Å². The monoisotopic (exact) mass is 372 g/mol. The lowest BCUT2D eigenvalue weighted by Gasteiger charge is -2.06. The number of nitrogens with one attached hydrogen (secondary N) is 2. The fourth-order valence-corrected chi connectivity index (χ4v) is 3.06. The molecule has 0 fully saturated rings. The van der Waals surface area contributed by atoms with Crippen molar-refractivity contribution in [3.63, 3.8) is 0 Å². The Bertz CT molecular complexity index is 980. The number of aromatic amines is 1. The van der Waals surface area contributed by atoms with Gasteiger partial charge in [-0.2, -0.15) is 5.26 Å². The number of hydrogen-bond donors (Lipinski definition) is 2. The van der Waals surface area contributed by atoms with Gasteiger partial charge in [0.15, 0.2) is 5.16 Å². The highest BCUT2D eigenvalue weighted by Crippen LogP contribution is 2.24. The third kappa shape index (κ3) is 4.05. The second kappa shape index (κ2) is 7.47. The first-order valence-electron chi connectivity index (χ1n) is 7.25. The smallest absolute Gasteiger partial charge is 0.234 e. The number of halogens is 1. The van der Waals surface area contributed by atoms with Crippen LogP contribution in [0, 0.1) is 11.3 Å². The zero-order valence-corrected chi connectivity index (χ0v) is 14.7. The van der Waals surface area contributed by atoms with Gasteiger partial charge >= 0.3 is 0 Å². The van der Waals surface area contributed by atoms with Crippen molar-refractivity contribution in [2.45, 2.75) is 5.16 Å². The second-order valence-electron chi connectivity index (χ2n) is 5.06. The molecule has 0 aliphatic carbocycles. The number of carbonyl (C=O) groups is 1. The van der Waals surface area contributed by atoms with Gasteiger partial charge in [0.1, 0.15) is 11.8 Å². The van der Waals surface area contributed by atoms with Crippen molar-refractivity contribution >= 4 is 46.0 Å². The zero-order chi connectivity index (χ0) is 17.8. The van der Waals surface area contributed by atoms with Crippen LogP contribution < -0.4 is 10.1 Å². The summed E-state index contributed by atoms with van der Waals surface area (Å²) in [4.78, 5) is 19.7. The molecule has 25 heavy (non-hydrogen) atoms. The van der Waals surface area contributed by atoms with Crippen LogP contribution in [0.1, 0.15) is 5.56 Å². The molecule has 1 heterocycles. The van der Waals surface area contributed by atoms with E-state index in [1.165, 1.54) is 11.8 Å². The number of aromatic nitrogens is 2. The summed E-state index contributed by atoms with van der Waals surface area (Å²) >= 11 is 7.18. The molecule has 0 unspecified atom stereocenters. The molecule has 8 heteroatoms. The number of ether oxygens (including phenoxy) is 1. The number of rotatable bonds is 5. The molecule has 126 valence electrons. The molecule has 0 aliphatic rings. The number of nitrogens with zero attached hydrogens (tertiary/aromatic N) is 2. The first kappa shape index (κ1) is 17.1. The highest BCUT2D eigenvalue weighted by molar-refractivity contribution is 7.99. The van der Waals surface area contributed by atoms with Crippen molar-refractivity contribution in [3.8, 4) is 11.8 Å². The van der Waals surface area contributed by atoms with Crippen LogP contribution in [0.3, 0.4) is 0 Å². The average Bonchev–Trinajstić information content (AvgIpc) is 3.02. The van der Waals surface area contributed by atoms with Crippen LogP contribution in [0.2, 0.25) is 5.02 Å². The van der Waals surface area contributed by atoms with Crippen LogP contribution in [-0.4, -0.2) is 28.7 Å². The molecule has 1 amide bonds. The zero-order valence-electron chi connectivity index (χ0n) is 13.2. The molecular weight excluding hydrogens is 360 g/mol. The first-order chi connectivity index (χ1) is 12.1. The Hall–Kier alpha value is -2.69. The van der Waals surface area contributed by atoms with Crippen LogP contribution in [0.5, 0.6) is 5.75 Å². The Morgan fingerprint density at radius 2 is 2.24 bits per heavy atom. The molecule has 0 saturated carbocycles. The number of thioether (sulfide) groups is 1. The molecule has 2 N–H and O–H groups in total. The number of imidazole rings is 1. The molecule has 0 spiro atoms. The van der Waals surface area contributed by atoms with Crippen LogP contribution in [0.4, 0.5) is 5.69 Å². The van der Waals surface area contributed by atoms with Crippen molar-refractivity contribution in [2.75, 3.05) is 18.2 Å². The lowest BCUT2D eigenvalue weighted by Crippen LogP contribution is -2.15. The minimum Gasteiger partial charge on any atom is -0.497 e.